The maximum absolute atomic E-state index is 11.8. The lowest BCUT2D eigenvalue weighted by Crippen LogP contribution is -2.49. The number of fused-ring (bicyclic) bond motifs is 1. The summed E-state index contributed by atoms with van der Waals surface area (Å²) in [6.07, 6.45) is 1.84. The number of pyridine rings is 1. The molecule has 0 unspecified atom stereocenters. The van der Waals surface area contributed by atoms with Crippen LogP contribution in [0, 0.1) is 0 Å². The molecule has 1 amide bonds. The lowest BCUT2D eigenvalue weighted by Gasteiger charge is -2.34. The van der Waals surface area contributed by atoms with E-state index in [2.05, 4.69) is 33.1 Å². The van der Waals surface area contributed by atoms with Crippen molar-refractivity contribution in [1.29, 1.82) is 0 Å². The minimum absolute atomic E-state index is 0.176. The summed E-state index contributed by atoms with van der Waals surface area (Å²) >= 11 is 0. The van der Waals surface area contributed by atoms with E-state index in [-0.39, 0.29) is 5.91 Å². The molecule has 0 saturated carbocycles. The molecule has 6 heteroatoms. The fraction of sp³-hybridized carbons (Fsp3) is 0.500. The maximum atomic E-state index is 11.8. The van der Waals surface area contributed by atoms with Crippen LogP contribution in [0.5, 0.6) is 0 Å². The largest absolute Gasteiger partial charge is 0.348 e. The monoisotopic (exact) mass is 301 g/mol. The third-order valence-electron chi connectivity index (χ3n) is 4.21. The average molecular weight is 301 g/mol. The molecule has 3 heterocycles. The molecule has 2 aromatic rings. The number of carbonyl (C=O) groups excluding carboxylic acids is 1. The zero-order valence-electron chi connectivity index (χ0n) is 13.3. The fourth-order valence-electron chi connectivity index (χ4n) is 2.80. The van der Waals surface area contributed by atoms with Crippen LogP contribution in [0.25, 0.3) is 5.52 Å². The van der Waals surface area contributed by atoms with Crippen LogP contribution in [0.4, 0.5) is 0 Å². The van der Waals surface area contributed by atoms with E-state index < -0.39 is 0 Å². The van der Waals surface area contributed by atoms with Gasteiger partial charge in [-0.3, -0.25) is 14.6 Å². The van der Waals surface area contributed by atoms with Crippen molar-refractivity contribution < 1.29 is 4.79 Å². The van der Waals surface area contributed by atoms with Gasteiger partial charge in [-0.25, -0.2) is 4.52 Å². The number of likely N-dealkylation sites (N-methyl/N-ethyl adjacent to an activating group) is 1. The first-order valence-electron chi connectivity index (χ1n) is 7.70. The second kappa shape index (κ2) is 6.46. The third kappa shape index (κ3) is 3.28. The number of amides is 1. The Hall–Kier alpha value is -1.92. The molecule has 1 fully saturated rings. The summed E-state index contributed by atoms with van der Waals surface area (Å²) < 4.78 is 2.00. The first-order valence-corrected chi connectivity index (χ1v) is 7.70. The number of hydrogen-bond donors (Lipinski definition) is 0. The average Bonchev–Trinajstić information content (AvgIpc) is 2.98. The lowest BCUT2D eigenvalue weighted by molar-refractivity contribution is -0.130. The number of carbonyl (C=O) groups is 1. The van der Waals surface area contributed by atoms with E-state index in [4.69, 9.17) is 0 Å². The molecule has 1 aliphatic rings. The molecule has 2 aromatic heterocycles. The summed E-state index contributed by atoms with van der Waals surface area (Å²) in [5, 5.41) is 4.39. The SMILES string of the molecule is CN(C)C(=O)CN1CCN(Cc2cccc3ccnn23)CC1. The molecule has 0 bridgehead atoms. The number of aromatic nitrogens is 2. The second-order valence-electron chi connectivity index (χ2n) is 6.03. The normalized spacial score (nSPS) is 17.0. The predicted octanol–water partition coefficient (Wildman–Crippen LogP) is 0.540. The summed E-state index contributed by atoms with van der Waals surface area (Å²) in [4.78, 5) is 18.1. The van der Waals surface area contributed by atoms with Crippen molar-refractivity contribution in [1.82, 2.24) is 24.3 Å². The maximum Gasteiger partial charge on any atom is 0.236 e. The van der Waals surface area contributed by atoms with Crippen molar-refractivity contribution in [2.24, 2.45) is 0 Å². The fourth-order valence-corrected chi connectivity index (χ4v) is 2.80. The first kappa shape index (κ1) is 15.0. The molecule has 22 heavy (non-hydrogen) atoms. The Morgan fingerprint density at radius 1 is 1.14 bits per heavy atom. The van der Waals surface area contributed by atoms with Gasteiger partial charge in [-0.2, -0.15) is 5.10 Å². The first-order chi connectivity index (χ1) is 10.6. The highest BCUT2D eigenvalue weighted by Gasteiger charge is 2.20. The Labute approximate surface area is 130 Å². The smallest absolute Gasteiger partial charge is 0.236 e. The highest BCUT2D eigenvalue weighted by molar-refractivity contribution is 5.77. The highest BCUT2D eigenvalue weighted by atomic mass is 16.2. The van der Waals surface area contributed by atoms with E-state index in [0.717, 1.165) is 38.2 Å². The molecule has 118 valence electrons. The molecule has 6 nitrogen and oxygen atoms in total. The number of rotatable bonds is 4. The summed E-state index contributed by atoms with van der Waals surface area (Å²) in [7, 11) is 3.62. The zero-order valence-corrected chi connectivity index (χ0v) is 13.3. The Bertz CT molecular complexity index is 643. The Balaban J connectivity index is 1.56. The van der Waals surface area contributed by atoms with Crippen LogP contribution in [0.2, 0.25) is 0 Å². The van der Waals surface area contributed by atoms with Gasteiger partial charge >= 0.3 is 0 Å². The van der Waals surface area contributed by atoms with E-state index >= 15 is 0 Å². The van der Waals surface area contributed by atoms with Crippen LogP contribution in [0.3, 0.4) is 0 Å². The molecule has 0 N–H and O–H groups in total. The van der Waals surface area contributed by atoms with Crippen LogP contribution >= 0.6 is 0 Å². The van der Waals surface area contributed by atoms with Gasteiger partial charge < -0.3 is 4.90 Å². The quantitative estimate of drug-likeness (QED) is 0.827. The molecule has 1 saturated heterocycles. The van der Waals surface area contributed by atoms with Crippen molar-refractivity contribution in [2.75, 3.05) is 46.8 Å². The lowest BCUT2D eigenvalue weighted by atomic mass is 10.2. The summed E-state index contributed by atoms with van der Waals surface area (Å²) in [5.74, 6) is 0.176. The van der Waals surface area contributed by atoms with Crippen molar-refractivity contribution >= 4 is 11.4 Å². The van der Waals surface area contributed by atoms with Crippen molar-refractivity contribution in [2.45, 2.75) is 6.54 Å². The molecule has 0 atom stereocenters. The van der Waals surface area contributed by atoms with Gasteiger partial charge in [0.1, 0.15) is 0 Å². The van der Waals surface area contributed by atoms with Gasteiger partial charge in [0, 0.05) is 53.0 Å². The predicted molar refractivity (Wildman–Crippen MR) is 85.6 cm³/mol. The molecular formula is C16H23N5O. The van der Waals surface area contributed by atoms with E-state index in [1.54, 1.807) is 4.90 Å². The standard InChI is InChI=1S/C16H23N5O/c1-18(2)16(22)13-20-10-8-19(9-11-20)12-15-5-3-4-14-6-7-17-21(14)15/h3-7H,8-13H2,1-2H3. The molecule has 0 radical (unpaired) electrons. The second-order valence-corrected chi connectivity index (χ2v) is 6.03. The van der Waals surface area contributed by atoms with Crippen molar-refractivity contribution in [3.8, 4) is 0 Å². The third-order valence-corrected chi connectivity index (χ3v) is 4.21. The van der Waals surface area contributed by atoms with Crippen LogP contribution in [-0.2, 0) is 11.3 Å². The van der Waals surface area contributed by atoms with E-state index in [0.29, 0.717) is 6.54 Å². The summed E-state index contributed by atoms with van der Waals surface area (Å²) in [6.45, 7) is 5.27. The molecule has 0 aliphatic carbocycles. The molecular weight excluding hydrogens is 278 g/mol. The van der Waals surface area contributed by atoms with E-state index in [1.165, 1.54) is 5.69 Å². The van der Waals surface area contributed by atoms with Gasteiger partial charge in [0.15, 0.2) is 0 Å². The van der Waals surface area contributed by atoms with Gasteiger partial charge in [0.2, 0.25) is 5.91 Å². The molecule has 3 rings (SSSR count). The van der Waals surface area contributed by atoms with Crippen LogP contribution < -0.4 is 0 Å². The van der Waals surface area contributed by atoms with E-state index in [9.17, 15) is 4.79 Å². The Morgan fingerprint density at radius 2 is 1.86 bits per heavy atom. The topological polar surface area (TPSA) is 44.1 Å². The van der Waals surface area contributed by atoms with Gasteiger partial charge in [0.05, 0.1) is 17.8 Å². The molecule has 0 aromatic carbocycles. The van der Waals surface area contributed by atoms with Gasteiger partial charge in [-0.05, 0) is 18.2 Å². The summed E-state index contributed by atoms with van der Waals surface area (Å²) in [5.41, 5.74) is 2.34. The van der Waals surface area contributed by atoms with Crippen molar-refractivity contribution in [3.05, 3.63) is 36.2 Å². The summed E-state index contributed by atoms with van der Waals surface area (Å²) in [6, 6.07) is 8.30. The number of hydrogen-bond acceptors (Lipinski definition) is 4. The number of nitrogens with zero attached hydrogens (tertiary/aromatic N) is 5. The Kier molecular flexibility index (Phi) is 4.40. The van der Waals surface area contributed by atoms with Gasteiger partial charge in [0.25, 0.3) is 0 Å². The minimum atomic E-state index is 0.176. The van der Waals surface area contributed by atoms with Crippen LogP contribution in [0.1, 0.15) is 5.69 Å². The van der Waals surface area contributed by atoms with Crippen LogP contribution in [0.15, 0.2) is 30.5 Å². The molecule has 1 aliphatic heterocycles. The van der Waals surface area contributed by atoms with Gasteiger partial charge in [-0.1, -0.05) is 6.07 Å². The minimum Gasteiger partial charge on any atom is -0.348 e. The highest BCUT2D eigenvalue weighted by Crippen LogP contribution is 2.11. The zero-order chi connectivity index (χ0) is 15.5. The molecule has 0 spiro atoms. The van der Waals surface area contributed by atoms with Crippen molar-refractivity contribution in [3.63, 3.8) is 0 Å². The van der Waals surface area contributed by atoms with E-state index in [1.807, 2.05) is 30.9 Å². The van der Waals surface area contributed by atoms with Crippen LogP contribution in [-0.4, -0.2) is 77.0 Å². The number of piperazine rings is 1. The Morgan fingerprint density at radius 3 is 2.59 bits per heavy atom. The van der Waals surface area contributed by atoms with Gasteiger partial charge in [-0.15, -0.1) is 0 Å².